The van der Waals surface area contributed by atoms with E-state index in [-0.39, 0.29) is 23.8 Å². The highest BCUT2D eigenvalue weighted by molar-refractivity contribution is 14.1. The van der Waals surface area contributed by atoms with Crippen LogP contribution in [-0.2, 0) is 14.3 Å². The predicted octanol–water partition coefficient (Wildman–Crippen LogP) is 2.64. The number of aliphatic hydroxyl groups is 1. The molecular formula is C12H10INO5. The van der Waals surface area contributed by atoms with Crippen LogP contribution < -0.4 is 5.32 Å². The zero-order valence-corrected chi connectivity index (χ0v) is 12.1. The second kappa shape index (κ2) is 5.47. The number of nitrogens with one attached hydrogen (secondary N) is 1. The number of hydrogen-bond donors (Lipinski definition) is 2. The lowest BCUT2D eigenvalue weighted by Gasteiger charge is -2.08. The first-order chi connectivity index (χ1) is 9.01. The van der Waals surface area contributed by atoms with Gasteiger partial charge in [0.05, 0.1) is 19.2 Å². The Kier molecular flexibility index (Phi) is 3.93. The Hall–Kier alpha value is -1.77. The maximum absolute atomic E-state index is 11.7. The summed E-state index contributed by atoms with van der Waals surface area (Å²) >= 11 is 2.07. The Bertz CT molecular complexity index is 581. The normalized spacial score (nSPS) is 14.3. The van der Waals surface area contributed by atoms with Gasteiger partial charge >= 0.3 is 6.16 Å². The largest absolute Gasteiger partial charge is 0.513 e. The fourth-order valence-corrected chi connectivity index (χ4v) is 2.11. The van der Waals surface area contributed by atoms with Gasteiger partial charge in [-0.05, 0) is 40.8 Å². The van der Waals surface area contributed by atoms with E-state index in [1.807, 2.05) is 0 Å². The number of methoxy groups -OCH3 is 1. The lowest BCUT2D eigenvalue weighted by molar-refractivity contribution is -0.116. The molecule has 1 aliphatic heterocycles. The number of hydrogen-bond acceptors (Lipinski definition) is 5. The van der Waals surface area contributed by atoms with Crippen LogP contribution in [0, 0.1) is 3.57 Å². The minimum atomic E-state index is -0.983. The lowest BCUT2D eigenvalue weighted by atomic mass is 10.1. The summed E-state index contributed by atoms with van der Waals surface area (Å²) in [6.45, 7) is 0. The molecule has 0 saturated heterocycles. The van der Waals surface area contributed by atoms with Crippen molar-refractivity contribution < 1.29 is 24.2 Å². The molecule has 100 valence electrons. The van der Waals surface area contributed by atoms with Crippen LogP contribution in [0.25, 0.3) is 5.76 Å². The van der Waals surface area contributed by atoms with Gasteiger partial charge in [0.15, 0.2) is 11.5 Å². The van der Waals surface area contributed by atoms with Crippen LogP contribution in [0.5, 0.6) is 0 Å². The molecule has 1 aromatic carbocycles. The second-order valence-corrected chi connectivity index (χ2v) is 4.99. The summed E-state index contributed by atoms with van der Waals surface area (Å²) in [4.78, 5) is 22.8. The molecule has 0 radical (unpaired) electrons. The van der Waals surface area contributed by atoms with E-state index < -0.39 is 6.16 Å². The number of benzene rings is 1. The van der Waals surface area contributed by atoms with E-state index in [0.29, 0.717) is 11.3 Å². The zero-order valence-electron chi connectivity index (χ0n) is 9.90. The van der Waals surface area contributed by atoms with Gasteiger partial charge in [0.25, 0.3) is 0 Å². The summed E-state index contributed by atoms with van der Waals surface area (Å²) < 4.78 is 10.0. The number of aliphatic hydroxyl groups excluding tert-OH is 1. The van der Waals surface area contributed by atoms with E-state index in [1.54, 1.807) is 18.2 Å². The maximum atomic E-state index is 11.7. The number of halogens is 1. The smallest absolute Gasteiger partial charge is 0.504 e. The molecular weight excluding hydrogens is 365 g/mol. The van der Waals surface area contributed by atoms with Gasteiger partial charge in [0, 0.05) is 9.13 Å². The van der Waals surface area contributed by atoms with Crippen molar-refractivity contribution in [1.82, 2.24) is 0 Å². The van der Waals surface area contributed by atoms with Crippen molar-refractivity contribution in [2.24, 2.45) is 0 Å². The number of ether oxygens (including phenoxy) is 2. The van der Waals surface area contributed by atoms with Crippen molar-refractivity contribution in [3.05, 3.63) is 33.1 Å². The fourth-order valence-electron chi connectivity index (χ4n) is 1.62. The summed E-state index contributed by atoms with van der Waals surface area (Å²) in [5.41, 5.74) is 0.864. The maximum Gasteiger partial charge on any atom is 0.513 e. The Morgan fingerprint density at radius 2 is 2.21 bits per heavy atom. The third-order valence-corrected chi connectivity index (χ3v) is 3.14. The van der Waals surface area contributed by atoms with Gasteiger partial charge in [-0.25, -0.2) is 4.79 Å². The zero-order chi connectivity index (χ0) is 14.0. The molecule has 0 bridgehead atoms. The monoisotopic (exact) mass is 375 g/mol. The van der Waals surface area contributed by atoms with E-state index in [9.17, 15) is 14.7 Å². The third kappa shape index (κ3) is 2.98. The van der Waals surface area contributed by atoms with Crippen LogP contribution in [0.4, 0.5) is 10.5 Å². The average Bonchev–Trinajstić information content (AvgIpc) is 2.48. The van der Waals surface area contributed by atoms with Gasteiger partial charge in [0.1, 0.15) is 0 Å². The summed E-state index contributed by atoms with van der Waals surface area (Å²) in [7, 11) is 1.15. The standard InChI is InChI=1S/C12H10INO5/c1-18-12(17)19-9-5-10(15)14-8-3-2-6(13)4-7(8)11(9)16/h2-4,16H,5H2,1H3,(H,14,15). The van der Waals surface area contributed by atoms with E-state index in [1.165, 1.54) is 0 Å². The highest BCUT2D eigenvalue weighted by Gasteiger charge is 2.24. The number of anilines is 1. The van der Waals surface area contributed by atoms with Crippen LogP contribution in [0.15, 0.2) is 24.0 Å². The molecule has 1 aromatic rings. The first-order valence-electron chi connectivity index (χ1n) is 5.29. The van der Waals surface area contributed by atoms with Crippen molar-refractivity contribution in [3.8, 4) is 0 Å². The SMILES string of the molecule is COC(=O)OC1=C(O)c2cc(I)ccc2NC(=O)C1. The van der Waals surface area contributed by atoms with Crippen molar-refractivity contribution >= 4 is 46.1 Å². The molecule has 6 nitrogen and oxygen atoms in total. The molecule has 0 aromatic heterocycles. The molecule has 1 heterocycles. The summed E-state index contributed by atoms with van der Waals surface area (Å²) in [6, 6.07) is 5.14. The molecule has 7 heteroatoms. The van der Waals surface area contributed by atoms with Crippen molar-refractivity contribution in [2.75, 3.05) is 12.4 Å². The molecule has 0 aliphatic carbocycles. The van der Waals surface area contributed by atoms with E-state index >= 15 is 0 Å². The highest BCUT2D eigenvalue weighted by Crippen LogP contribution is 2.31. The van der Waals surface area contributed by atoms with E-state index in [2.05, 4.69) is 32.6 Å². The number of rotatable bonds is 1. The molecule has 0 atom stereocenters. The quantitative estimate of drug-likeness (QED) is 0.583. The van der Waals surface area contributed by atoms with Gasteiger partial charge in [-0.1, -0.05) is 0 Å². The average molecular weight is 375 g/mol. The number of fused-ring (bicyclic) bond motifs is 1. The molecule has 1 amide bonds. The fraction of sp³-hybridized carbons (Fsp3) is 0.167. The predicted molar refractivity (Wildman–Crippen MR) is 75.4 cm³/mol. The minimum absolute atomic E-state index is 0.134. The highest BCUT2D eigenvalue weighted by atomic mass is 127. The summed E-state index contributed by atoms with van der Waals surface area (Å²) in [5.74, 6) is -0.771. The van der Waals surface area contributed by atoms with Crippen molar-refractivity contribution in [1.29, 1.82) is 0 Å². The first-order valence-corrected chi connectivity index (χ1v) is 6.37. The molecule has 0 unspecified atom stereocenters. The Balaban J connectivity index is 2.49. The van der Waals surface area contributed by atoms with Gasteiger partial charge < -0.3 is 19.9 Å². The van der Waals surface area contributed by atoms with Crippen molar-refractivity contribution in [2.45, 2.75) is 6.42 Å². The van der Waals surface area contributed by atoms with Crippen molar-refractivity contribution in [3.63, 3.8) is 0 Å². The van der Waals surface area contributed by atoms with E-state index in [4.69, 9.17) is 4.74 Å². The Morgan fingerprint density at radius 1 is 1.47 bits per heavy atom. The lowest BCUT2D eigenvalue weighted by Crippen LogP contribution is -2.13. The summed E-state index contributed by atoms with van der Waals surface area (Å²) in [6.07, 6.45) is -1.23. The molecule has 2 N–H and O–H groups in total. The van der Waals surface area contributed by atoms with Crippen LogP contribution in [0.1, 0.15) is 12.0 Å². The molecule has 19 heavy (non-hydrogen) atoms. The molecule has 0 spiro atoms. The minimum Gasteiger partial charge on any atom is -0.504 e. The molecule has 0 fully saturated rings. The van der Waals surface area contributed by atoms with Gasteiger partial charge in [-0.2, -0.15) is 0 Å². The number of carbonyl (C=O) groups excluding carboxylic acids is 2. The van der Waals surface area contributed by atoms with Crippen LogP contribution in [0.2, 0.25) is 0 Å². The van der Waals surface area contributed by atoms with Gasteiger partial charge in [-0.15, -0.1) is 0 Å². The van der Waals surface area contributed by atoms with Crippen LogP contribution in [-0.4, -0.2) is 24.3 Å². The second-order valence-electron chi connectivity index (χ2n) is 3.74. The molecule has 1 aliphatic rings. The Morgan fingerprint density at radius 3 is 2.89 bits per heavy atom. The van der Waals surface area contributed by atoms with Crippen LogP contribution in [0.3, 0.4) is 0 Å². The Labute approximate surface area is 122 Å². The van der Waals surface area contributed by atoms with Gasteiger partial charge in [0.2, 0.25) is 5.91 Å². The number of amides is 1. The first kappa shape index (κ1) is 13.7. The molecule has 0 saturated carbocycles. The van der Waals surface area contributed by atoms with E-state index in [0.717, 1.165) is 10.7 Å². The third-order valence-electron chi connectivity index (χ3n) is 2.47. The topological polar surface area (TPSA) is 84.9 Å². The van der Waals surface area contributed by atoms with Crippen LogP contribution >= 0.6 is 22.6 Å². The van der Waals surface area contributed by atoms with Gasteiger partial charge in [-0.3, -0.25) is 4.79 Å². The molecule has 2 rings (SSSR count). The summed E-state index contributed by atoms with van der Waals surface area (Å²) in [5, 5.41) is 12.8. The number of carbonyl (C=O) groups is 2.